The van der Waals surface area contributed by atoms with Gasteiger partial charge in [-0.25, -0.2) is 4.98 Å². The Morgan fingerprint density at radius 1 is 1.03 bits per heavy atom. The third-order valence-electron chi connectivity index (χ3n) is 7.34. The molecular weight excluding hydrogens is 562 g/mol. The lowest BCUT2D eigenvalue weighted by Gasteiger charge is -2.32. The second kappa shape index (κ2) is 10.8. The third kappa shape index (κ3) is 5.00. The number of nitrogens with one attached hydrogen (secondary N) is 1. The number of carbonyl (C=O) groups excluding carboxylic acids is 1. The first-order valence-electron chi connectivity index (χ1n) is 12.8. The Kier molecular flexibility index (Phi) is 7.04. The largest absolute Gasteiger partial charge is 0.370 e. The van der Waals surface area contributed by atoms with Gasteiger partial charge >= 0.3 is 0 Å². The Labute approximate surface area is 234 Å². The van der Waals surface area contributed by atoms with Crippen molar-refractivity contribution in [2.45, 2.75) is 19.3 Å². The Bertz CT molecular complexity index is 1620. The molecule has 2 aromatic heterocycles. The van der Waals surface area contributed by atoms with Gasteiger partial charge in [-0.15, -0.1) is 0 Å². The molecule has 192 valence electrons. The van der Waals surface area contributed by atoms with Crippen molar-refractivity contribution in [2.75, 3.05) is 25.0 Å². The van der Waals surface area contributed by atoms with Crippen molar-refractivity contribution in [2.24, 2.45) is 5.92 Å². The Hall–Kier alpha value is -3.42. The number of likely N-dealkylation sites (tertiary alicyclic amines) is 1. The normalized spacial score (nSPS) is 14.3. The van der Waals surface area contributed by atoms with Crippen molar-refractivity contribution in [1.29, 1.82) is 0 Å². The van der Waals surface area contributed by atoms with E-state index in [9.17, 15) is 4.79 Å². The van der Waals surface area contributed by atoms with E-state index in [0.29, 0.717) is 17.4 Å². The Morgan fingerprint density at radius 2 is 1.79 bits per heavy atom. The SMILES string of the molecule is O=C(Cc1cccc2ccccc12)N1CCC(CNc2cc(-c3ccccc3Cl)nc3c(Br)cnn23)CC1. The average Bonchev–Trinajstić information content (AvgIpc) is 3.33. The van der Waals surface area contributed by atoms with Crippen LogP contribution in [0.3, 0.4) is 0 Å². The maximum Gasteiger partial charge on any atom is 0.227 e. The average molecular weight is 589 g/mol. The molecule has 1 aliphatic heterocycles. The van der Waals surface area contributed by atoms with Gasteiger partial charge in [0.2, 0.25) is 5.91 Å². The van der Waals surface area contributed by atoms with E-state index in [1.165, 1.54) is 5.39 Å². The summed E-state index contributed by atoms with van der Waals surface area (Å²) in [5.74, 6) is 1.53. The van der Waals surface area contributed by atoms with E-state index in [0.717, 1.165) is 70.6 Å². The van der Waals surface area contributed by atoms with Crippen molar-refractivity contribution >= 4 is 55.7 Å². The highest BCUT2D eigenvalue weighted by atomic mass is 79.9. The molecule has 8 heteroatoms. The van der Waals surface area contributed by atoms with E-state index in [4.69, 9.17) is 16.6 Å². The van der Waals surface area contributed by atoms with Gasteiger partial charge < -0.3 is 10.2 Å². The third-order valence-corrected chi connectivity index (χ3v) is 8.23. The van der Waals surface area contributed by atoms with Gasteiger partial charge in [-0.3, -0.25) is 4.79 Å². The molecule has 0 unspecified atom stereocenters. The summed E-state index contributed by atoms with van der Waals surface area (Å²) in [5, 5.41) is 11.1. The Morgan fingerprint density at radius 3 is 2.63 bits per heavy atom. The van der Waals surface area contributed by atoms with Crippen LogP contribution in [0.25, 0.3) is 27.7 Å². The van der Waals surface area contributed by atoms with E-state index in [1.807, 2.05) is 57.9 Å². The van der Waals surface area contributed by atoms with E-state index < -0.39 is 0 Å². The molecule has 0 aliphatic carbocycles. The van der Waals surface area contributed by atoms with E-state index in [-0.39, 0.29) is 5.91 Å². The van der Waals surface area contributed by atoms with Crippen LogP contribution in [-0.4, -0.2) is 45.0 Å². The predicted molar refractivity (Wildman–Crippen MR) is 157 cm³/mol. The molecule has 1 N–H and O–H groups in total. The zero-order chi connectivity index (χ0) is 26.1. The highest BCUT2D eigenvalue weighted by Crippen LogP contribution is 2.31. The topological polar surface area (TPSA) is 62.5 Å². The molecule has 0 atom stereocenters. The number of rotatable bonds is 6. The summed E-state index contributed by atoms with van der Waals surface area (Å²) in [6.45, 7) is 2.35. The first-order valence-corrected chi connectivity index (χ1v) is 14.0. The van der Waals surface area contributed by atoms with Gasteiger partial charge in [0.1, 0.15) is 5.82 Å². The van der Waals surface area contributed by atoms with Crippen LogP contribution < -0.4 is 5.32 Å². The maximum absolute atomic E-state index is 13.1. The number of benzene rings is 3. The summed E-state index contributed by atoms with van der Waals surface area (Å²) in [6, 6.07) is 24.2. The molecular formula is C30H27BrClN5O. The van der Waals surface area contributed by atoms with Gasteiger partial charge in [-0.05, 0) is 57.1 Å². The number of aromatic nitrogens is 3. The number of hydrogen-bond donors (Lipinski definition) is 1. The number of nitrogens with zero attached hydrogens (tertiary/aromatic N) is 4. The number of anilines is 1. The molecule has 1 saturated heterocycles. The van der Waals surface area contributed by atoms with Crippen LogP contribution in [0, 0.1) is 5.92 Å². The fourth-order valence-corrected chi connectivity index (χ4v) is 5.81. The summed E-state index contributed by atoms with van der Waals surface area (Å²) in [5.41, 5.74) is 3.50. The quantitative estimate of drug-likeness (QED) is 0.235. The fourth-order valence-electron chi connectivity index (χ4n) is 5.23. The Balaban J connectivity index is 1.11. The van der Waals surface area contributed by atoms with Gasteiger partial charge in [0.15, 0.2) is 5.65 Å². The van der Waals surface area contributed by atoms with E-state index in [2.05, 4.69) is 50.6 Å². The molecule has 1 aliphatic rings. The van der Waals surface area contributed by atoms with Crippen molar-refractivity contribution < 1.29 is 4.79 Å². The minimum absolute atomic E-state index is 0.203. The highest BCUT2D eigenvalue weighted by Gasteiger charge is 2.24. The smallest absolute Gasteiger partial charge is 0.227 e. The summed E-state index contributed by atoms with van der Waals surface area (Å²) < 4.78 is 2.64. The van der Waals surface area contributed by atoms with Crippen LogP contribution in [0.1, 0.15) is 18.4 Å². The van der Waals surface area contributed by atoms with Gasteiger partial charge in [0.05, 0.1) is 22.8 Å². The van der Waals surface area contributed by atoms with Crippen molar-refractivity contribution in [3.8, 4) is 11.3 Å². The van der Waals surface area contributed by atoms with E-state index in [1.54, 1.807) is 6.20 Å². The lowest BCUT2D eigenvalue weighted by Crippen LogP contribution is -2.40. The molecule has 6 nitrogen and oxygen atoms in total. The molecule has 0 saturated carbocycles. The number of carbonyl (C=O) groups is 1. The molecule has 0 spiro atoms. The molecule has 3 heterocycles. The fraction of sp³-hybridized carbons (Fsp3) is 0.233. The highest BCUT2D eigenvalue weighted by molar-refractivity contribution is 9.10. The van der Waals surface area contributed by atoms with Crippen LogP contribution in [0.5, 0.6) is 0 Å². The van der Waals surface area contributed by atoms with Gasteiger partial charge in [0.25, 0.3) is 0 Å². The molecule has 3 aromatic carbocycles. The molecule has 1 amide bonds. The zero-order valence-electron chi connectivity index (χ0n) is 20.8. The van der Waals surface area contributed by atoms with Gasteiger partial charge in [0, 0.05) is 36.3 Å². The van der Waals surface area contributed by atoms with Crippen LogP contribution in [0.15, 0.2) is 83.5 Å². The lowest BCUT2D eigenvalue weighted by molar-refractivity contribution is -0.131. The number of hydrogen-bond acceptors (Lipinski definition) is 4. The molecule has 1 fully saturated rings. The van der Waals surface area contributed by atoms with E-state index >= 15 is 0 Å². The lowest BCUT2D eigenvalue weighted by atomic mass is 9.95. The van der Waals surface area contributed by atoms with Crippen LogP contribution >= 0.6 is 27.5 Å². The minimum Gasteiger partial charge on any atom is -0.370 e. The maximum atomic E-state index is 13.1. The standard InChI is InChI=1S/C30H27BrClN5O/c31-25-19-34-37-28(17-27(35-30(25)37)24-10-3-4-11-26(24)32)33-18-20-12-14-36(15-13-20)29(38)16-22-8-5-7-21-6-1-2-9-23(21)22/h1-11,17,19-20,33H,12-16,18H2. The van der Waals surface area contributed by atoms with Crippen molar-refractivity contribution in [3.05, 3.63) is 94.1 Å². The zero-order valence-corrected chi connectivity index (χ0v) is 23.1. The summed E-state index contributed by atoms with van der Waals surface area (Å²) in [6.07, 6.45) is 4.12. The number of fused-ring (bicyclic) bond motifs is 2. The second-order valence-corrected chi connectivity index (χ2v) is 11.0. The van der Waals surface area contributed by atoms with Crippen LogP contribution in [-0.2, 0) is 11.2 Å². The number of amides is 1. The van der Waals surface area contributed by atoms with Gasteiger partial charge in [-0.2, -0.15) is 9.61 Å². The molecule has 6 rings (SSSR count). The van der Waals surface area contributed by atoms with Crippen LogP contribution in [0.2, 0.25) is 5.02 Å². The van der Waals surface area contributed by atoms with Crippen LogP contribution in [0.4, 0.5) is 5.82 Å². The molecule has 38 heavy (non-hydrogen) atoms. The molecule has 0 radical (unpaired) electrons. The molecule has 0 bridgehead atoms. The van der Waals surface area contributed by atoms with Crippen molar-refractivity contribution in [1.82, 2.24) is 19.5 Å². The predicted octanol–water partition coefficient (Wildman–Crippen LogP) is 6.86. The summed E-state index contributed by atoms with van der Waals surface area (Å²) >= 11 is 10.0. The second-order valence-electron chi connectivity index (χ2n) is 9.75. The number of halogens is 2. The summed E-state index contributed by atoms with van der Waals surface area (Å²) in [7, 11) is 0. The minimum atomic E-state index is 0.203. The van der Waals surface area contributed by atoms with Gasteiger partial charge in [-0.1, -0.05) is 72.3 Å². The molecule has 5 aromatic rings. The monoisotopic (exact) mass is 587 g/mol. The summed E-state index contributed by atoms with van der Waals surface area (Å²) in [4.78, 5) is 19.9. The first kappa shape index (κ1) is 24.9. The van der Waals surface area contributed by atoms with Crippen molar-refractivity contribution in [3.63, 3.8) is 0 Å². The number of piperidine rings is 1. The first-order chi connectivity index (χ1) is 18.6.